The van der Waals surface area contributed by atoms with E-state index in [1.807, 2.05) is 12.1 Å². The van der Waals surface area contributed by atoms with E-state index >= 15 is 0 Å². The van der Waals surface area contributed by atoms with Crippen LogP contribution in [0.2, 0.25) is 0 Å². The molecule has 0 aliphatic carbocycles. The Morgan fingerprint density at radius 2 is 1.82 bits per heavy atom. The van der Waals surface area contributed by atoms with Gasteiger partial charge in [0, 0.05) is 24.0 Å². The predicted octanol–water partition coefficient (Wildman–Crippen LogP) is 3.84. The number of aryl methyl sites for hydroxylation is 1. The molecule has 5 rings (SSSR count). The van der Waals surface area contributed by atoms with Crippen LogP contribution in [0.4, 0.5) is 0 Å². The van der Waals surface area contributed by atoms with Gasteiger partial charge in [-0.3, -0.25) is 4.79 Å². The zero-order chi connectivity index (χ0) is 23.7. The lowest BCUT2D eigenvalue weighted by molar-refractivity contribution is 0.369. The van der Waals surface area contributed by atoms with Crippen molar-refractivity contribution in [2.24, 2.45) is 0 Å². The van der Waals surface area contributed by atoms with Gasteiger partial charge in [-0.05, 0) is 30.2 Å². The molecule has 0 N–H and O–H groups in total. The monoisotopic (exact) mass is 457 g/mol. The lowest BCUT2D eigenvalue weighted by atomic mass is 10.1. The van der Waals surface area contributed by atoms with Gasteiger partial charge in [0.25, 0.3) is 5.56 Å². The van der Waals surface area contributed by atoms with Crippen molar-refractivity contribution in [2.75, 3.05) is 14.2 Å². The van der Waals surface area contributed by atoms with Crippen LogP contribution in [0, 0.1) is 0 Å². The molecule has 5 aromatic rings. The third kappa shape index (κ3) is 3.92. The molecule has 0 fully saturated rings. The van der Waals surface area contributed by atoms with E-state index in [1.165, 1.54) is 10.1 Å². The van der Waals surface area contributed by atoms with E-state index in [1.54, 1.807) is 55.4 Å². The number of benzene rings is 2. The second kappa shape index (κ2) is 8.86. The van der Waals surface area contributed by atoms with Gasteiger partial charge in [0.2, 0.25) is 11.7 Å². The summed E-state index contributed by atoms with van der Waals surface area (Å²) in [4.78, 5) is 17.6. The maximum atomic E-state index is 13.1. The highest BCUT2D eigenvalue weighted by molar-refractivity contribution is 5.66. The fourth-order valence-corrected chi connectivity index (χ4v) is 3.76. The average Bonchev–Trinajstić information content (AvgIpc) is 3.53. The molecule has 9 heteroatoms. The van der Waals surface area contributed by atoms with Crippen molar-refractivity contribution in [3.63, 3.8) is 0 Å². The zero-order valence-corrected chi connectivity index (χ0v) is 19.1. The summed E-state index contributed by atoms with van der Waals surface area (Å²) in [6, 6.07) is 15.3. The number of nitrogens with zero attached hydrogens (tertiary/aromatic N) is 5. The summed E-state index contributed by atoms with van der Waals surface area (Å²) in [6.07, 6.45) is 4.37. The number of rotatable bonds is 7. The van der Waals surface area contributed by atoms with E-state index in [0.717, 1.165) is 17.7 Å². The molecule has 0 aliphatic rings. The lowest BCUT2D eigenvalue weighted by Crippen LogP contribution is -2.21. The largest absolute Gasteiger partial charge is 0.497 e. The highest BCUT2D eigenvalue weighted by Crippen LogP contribution is 2.31. The minimum Gasteiger partial charge on any atom is -0.497 e. The number of aromatic nitrogens is 5. The molecule has 0 amide bonds. The topological polar surface area (TPSA) is 96.7 Å². The summed E-state index contributed by atoms with van der Waals surface area (Å²) in [6.45, 7) is 2.24. The molecule has 3 heterocycles. The van der Waals surface area contributed by atoms with Gasteiger partial charge in [0.05, 0.1) is 25.5 Å². The van der Waals surface area contributed by atoms with Crippen molar-refractivity contribution in [1.29, 1.82) is 0 Å². The first-order chi connectivity index (χ1) is 16.6. The Morgan fingerprint density at radius 3 is 2.56 bits per heavy atom. The highest BCUT2D eigenvalue weighted by atomic mass is 16.5. The fraction of sp³-hybridized carbons (Fsp3) is 0.200. The number of hydrogen-bond acceptors (Lipinski definition) is 7. The lowest BCUT2D eigenvalue weighted by Gasteiger charge is -2.07. The van der Waals surface area contributed by atoms with Crippen LogP contribution in [0.1, 0.15) is 18.4 Å². The van der Waals surface area contributed by atoms with Gasteiger partial charge in [-0.25, -0.2) is 4.52 Å². The molecule has 0 radical (unpaired) electrons. The maximum absolute atomic E-state index is 13.1. The summed E-state index contributed by atoms with van der Waals surface area (Å²) < 4.78 is 19.2. The van der Waals surface area contributed by atoms with Gasteiger partial charge < -0.3 is 18.6 Å². The van der Waals surface area contributed by atoms with E-state index in [0.29, 0.717) is 34.3 Å². The smallest absolute Gasteiger partial charge is 0.277 e. The standard InChI is InChI=1S/C25H23N5O4/c1-4-16-5-7-17(8-6-16)20-14-21-25(31)29(11-12-30(21)27-20)15-23-26-24(28-34-23)19-10-9-18(32-2)13-22(19)33-3/h5-14H,4,15H2,1-3H3. The van der Waals surface area contributed by atoms with Crippen LogP contribution in [-0.2, 0) is 13.0 Å². The molecule has 0 aliphatic heterocycles. The molecular weight excluding hydrogens is 434 g/mol. The molecule has 9 nitrogen and oxygen atoms in total. The van der Waals surface area contributed by atoms with E-state index < -0.39 is 0 Å². The Bertz CT molecular complexity index is 1510. The Morgan fingerprint density at radius 1 is 1.00 bits per heavy atom. The third-order valence-corrected chi connectivity index (χ3v) is 5.68. The second-order valence-corrected chi connectivity index (χ2v) is 7.72. The third-order valence-electron chi connectivity index (χ3n) is 5.68. The maximum Gasteiger partial charge on any atom is 0.277 e. The van der Waals surface area contributed by atoms with E-state index in [-0.39, 0.29) is 12.1 Å². The van der Waals surface area contributed by atoms with Crippen molar-refractivity contribution in [2.45, 2.75) is 19.9 Å². The zero-order valence-electron chi connectivity index (χ0n) is 19.1. The molecule has 0 bridgehead atoms. The molecular formula is C25H23N5O4. The van der Waals surface area contributed by atoms with Gasteiger partial charge in [-0.1, -0.05) is 36.3 Å². The Balaban J connectivity index is 1.43. The summed E-state index contributed by atoms with van der Waals surface area (Å²) in [5.74, 6) is 1.88. The molecule has 0 atom stereocenters. The van der Waals surface area contributed by atoms with Crippen LogP contribution < -0.4 is 15.0 Å². The Labute approximate surface area is 195 Å². The molecule has 2 aromatic carbocycles. The SMILES string of the molecule is CCc1ccc(-c2cc3c(=O)n(Cc4nc(-c5ccc(OC)cc5OC)no4)ccn3n2)cc1. The molecule has 0 spiro atoms. The summed E-state index contributed by atoms with van der Waals surface area (Å²) in [5.41, 5.74) is 3.88. The van der Waals surface area contributed by atoms with Gasteiger partial charge >= 0.3 is 0 Å². The van der Waals surface area contributed by atoms with Gasteiger partial charge in [0.1, 0.15) is 23.6 Å². The quantitative estimate of drug-likeness (QED) is 0.366. The summed E-state index contributed by atoms with van der Waals surface area (Å²) in [5, 5.41) is 8.61. The Hall–Kier alpha value is -4.40. The van der Waals surface area contributed by atoms with Gasteiger partial charge in [0.15, 0.2) is 0 Å². The molecule has 172 valence electrons. The minimum atomic E-state index is -0.201. The van der Waals surface area contributed by atoms with Crippen molar-refractivity contribution in [3.05, 3.63) is 82.7 Å². The van der Waals surface area contributed by atoms with E-state index in [4.69, 9.17) is 14.0 Å². The molecule has 0 saturated carbocycles. The average molecular weight is 457 g/mol. The van der Waals surface area contributed by atoms with Crippen molar-refractivity contribution < 1.29 is 14.0 Å². The van der Waals surface area contributed by atoms with Crippen molar-refractivity contribution in [1.82, 2.24) is 24.3 Å². The summed E-state index contributed by atoms with van der Waals surface area (Å²) >= 11 is 0. The van der Waals surface area contributed by atoms with Crippen LogP contribution in [0.15, 0.2) is 70.2 Å². The minimum absolute atomic E-state index is 0.131. The Kier molecular flexibility index (Phi) is 5.59. The van der Waals surface area contributed by atoms with Crippen molar-refractivity contribution in [3.8, 4) is 34.1 Å². The van der Waals surface area contributed by atoms with E-state index in [2.05, 4.69) is 34.3 Å². The van der Waals surface area contributed by atoms with Gasteiger partial charge in [-0.2, -0.15) is 10.1 Å². The number of ether oxygens (including phenoxy) is 2. The first-order valence-corrected chi connectivity index (χ1v) is 10.8. The van der Waals surface area contributed by atoms with Crippen LogP contribution in [0.25, 0.3) is 28.2 Å². The number of fused-ring (bicyclic) bond motifs is 1. The molecule has 34 heavy (non-hydrogen) atoms. The first kappa shape index (κ1) is 21.4. The van der Waals surface area contributed by atoms with E-state index in [9.17, 15) is 4.79 Å². The van der Waals surface area contributed by atoms with Crippen LogP contribution >= 0.6 is 0 Å². The van der Waals surface area contributed by atoms with Crippen molar-refractivity contribution >= 4 is 5.52 Å². The first-order valence-electron chi connectivity index (χ1n) is 10.8. The normalized spacial score (nSPS) is 11.1. The number of methoxy groups -OCH3 is 2. The van der Waals surface area contributed by atoms with Gasteiger partial charge in [-0.15, -0.1) is 0 Å². The van der Waals surface area contributed by atoms with Crippen LogP contribution in [-0.4, -0.2) is 38.5 Å². The highest BCUT2D eigenvalue weighted by Gasteiger charge is 2.16. The van der Waals surface area contributed by atoms with Crippen LogP contribution in [0.3, 0.4) is 0 Å². The molecule has 0 unspecified atom stereocenters. The number of hydrogen-bond donors (Lipinski definition) is 0. The predicted molar refractivity (Wildman–Crippen MR) is 126 cm³/mol. The fourth-order valence-electron chi connectivity index (χ4n) is 3.76. The molecule has 3 aromatic heterocycles. The van der Waals surface area contributed by atoms with Crippen LogP contribution in [0.5, 0.6) is 11.5 Å². The second-order valence-electron chi connectivity index (χ2n) is 7.72. The molecule has 0 saturated heterocycles. The summed E-state index contributed by atoms with van der Waals surface area (Å²) in [7, 11) is 3.15.